The molecule has 0 heterocycles. The molecule has 0 saturated carbocycles. The first-order valence-corrected chi connectivity index (χ1v) is 9.24. The number of nitrogens with one attached hydrogen (secondary N) is 1. The Morgan fingerprint density at radius 2 is 1.86 bits per heavy atom. The predicted octanol–water partition coefficient (Wildman–Crippen LogP) is 3.71. The number of nitrogens with zero attached hydrogens (tertiary/aromatic N) is 1. The van der Waals surface area contributed by atoms with Crippen molar-refractivity contribution in [3.63, 3.8) is 0 Å². The fourth-order valence-corrected chi connectivity index (χ4v) is 3.04. The molecule has 1 N–H and O–H groups in total. The molecule has 124 valence electrons. The Kier molecular flexibility index (Phi) is 9.25. The van der Waals surface area contributed by atoms with Gasteiger partial charge in [-0.3, -0.25) is 4.79 Å². The maximum absolute atomic E-state index is 12.0. The van der Waals surface area contributed by atoms with Crippen LogP contribution in [-0.2, 0) is 4.79 Å². The molecule has 0 aliphatic carbocycles. The van der Waals surface area contributed by atoms with Crippen LogP contribution in [0.5, 0.6) is 0 Å². The Hall–Kier alpha value is -1.00. The van der Waals surface area contributed by atoms with Gasteiger partial charge < -0.3 is 10.2 Å². The van der Waals surface area contributed by atoms with Gasteiger partial charge in [-0.2, -0.15) is 0 Å². The second-order valence-electron chi connectivity index (χ2n) is 5.74. The molecule has 0 aliphatic rings. The molecule has 0 bridgehead atoms. The summed E-state index contributed by atoms with van der Waals surface area (Å²) >= 11 is 1.59. The fraction of sp³-hybridized carbons (Fsp3) is 0.611. The van der Waals surface area contributed by atoms with E-state index in [4.69, 9.17) is 0 Å². The van der Waals surface area contributed by atoms with Crippen molar-refractivity contribution in [2.45, 2.75) is 51.5 Å². The highest BCUT2D eigenvalue weighted by atomic mass is 32.2. The monoisotopic (exact) mass is 322 g/mol. The molecule has 3 nitrogen and oxygen atoms in total. The van der Waals surface area contributed by atoms with E-state index in [1.54, 1.807) is 11.8 Å². The normalized spacial score (nSPS) is 12.4. The van der Waals surface area contributed by atoms with Crippen molar-refractivity contribution >= 4 is 17.7 Å². The minimum atomic E-state index is 0.126. The molecule has 0 aromatic heterocycles. The third-order valence-electron chi connectivity index (χ3n) is 3.80. The van der Waals surface area contributed by atoms with Crippen LogP contribution in [0.4, 0.5) is 0 Å². The van der Waals surface area contributed by atoms with Crippen molar-refractivity contribution in [3.8, 4) is 0 Å². The Morgan fingerprint density at radius 3 is 2.45 bits per heavy atom. The summed E-state index contributed by atoms with van der Waals surface area (Å²) in [4.78, 5) is 15.5. The lowest BCUT2D eigenvalue weighted by Crippen LogP contribution is -2.34. The van der Waals surface area contributed by atoms with Gasteiger partial charge in [-0.25, -0.2) is 0 Å². The summed E-state index contributed by atoms with van der Waals surface area (Å²) in [6, 6.07) is 8.55. The molecule has 0 unspecified atom stereocenters. The first kappa shape index (κ1) is 19.0. The second kappa shape index (κ2) is 10.7. The molecule has 4 heteroatoms. The molecule has 22 heavy (non-hydrogen) atoms. The minimum Gasteiger partial charge on any atom is -0.353 e. The molecule has 1 aromatic rings. The van der Waals surface area contributed by atoms with E-state index in [0.29, 0.717) is 5.75 Å². The van der Waals surface area contributed by atoms with E-state index >= 15 is 0 Å². The van der Waals surface area contributed by atoms with Gasteiger partial charge in [-0.1, -0.05) is 31.5 Å². The van der Waals surface area contributed by atoms with Crippen LogP contribution >= 0.6 is 11.8 Å². The summed E-state index contributed by atoms with van der Waals surface area (Å²) in [5.41, 5.74) is 1.25. The van der Waals surface area contributed by atoms with E-state index < -0.39 is 0 Å². The zero-order chi connectivity index (χ0) is 16.4. The van der Waals surface area contributed by atoms with E-state index in [2.05, 4.69) is 62.2 Å². The number of benzene rings is 1. The van der Waals surface area contributed by atoms with Crippen molar-refractivity contribution in [1.29, 1.82) is 0 Å². The van der Waals surface area contributed by atoms with Crippen LogP contribution < -0.4 is 5.32 Å². The molecular formula is C18H30N2OS. The van der Waals surface area contributed by atoms with Crippen LogP contribution in [0.3, 0.4) is 0 Å². The summed E-state index contributed by atoms with van der Waals surface area (Å²) in [6.45, 7) is 11.9. The number of amides is 1. The Bertz CT molecular complexity index is 429. The van der Waals surface area contributed by atoms with Gasteiger partial charge in [0.15, 0.2) is 0 Å². The average Bonchev–Trinajstić information content (AvgIpc) is 2.51. The van der Waals surface area contributed by atoms with E-state index in [1.165, 1.54) is 5.56 Å². The summed E-state index contributed by atoms with van der Waals surface area (Å²) in [6.07, 6.45) is 2.17. The highest BCUT2D eigenvalue weighted by Gasteiger charge is 2.08. The number of carbonyl (C=O) groups excluding carboxylic acids is 1. The van der Waals surface area contributed by atoms with Crippen LogP contribution in [0, 0.1) is 6.92 Å². The SMILES string of the molecule is CCN(CC)CCC[C@H](C)NC(=O)CSc1ccc(C)cc1. The average molecular weight is 323 g/mol. The van der Waals surface area contributed by atoms with Crippen LogP contribution in [0.25, 0.3) is 0 Å². The molecule has 0 radical (unpaired) electrons. The number of aryl methyl sites for hydroxylation is 1. The van der Waals surface area contributed by atoms with Crippen molar-refractivity contribution < 1.29 is 4.79 Å². The molecule has 1 aromatic carbocycles. The van der Waals surface area contributed by atoms with Crippen LogP contribution in [0.2, 0.25) is 0 Å². The van der Waals surface area contributed by atoms with Crippen molar-refractivity contribution in [2.24, 2.45) is 0 Å². The molecule has 1 rings (SSSR count). The van der Waals surface area contributed by atoms with E-state index in [1.807, 2.05) is 0 Å². The smallest absolute Gasteiger partial charge is 0.230 e. The molecule has 0 saturated heterocycles. The van der Waals surface area contributed by atoms with E-state index in [0.717, 1.165) is 37.4 Å². The van der Waals surface area contributed by atoms with E-state index in [9.17, 15) is 4.79 Å². The largest absolute Gasteiger partial charge is 0.353 e. The second-order valence-corrected chi connectivity index (χ2v) is 6.79. The first-order chi connectivity index (χ1) is 10.5. The van der Waals surface area contributed by atoms with Crippen molar-refractivity contribution in [3.05, 3.63) is 29.8 Å². The van der Waals surface area contributed by atoms with Gasteiger partial charge in [-0.05, 0) is 58.5 Å². The maximum Gasteiger partial charge on any atom is 0.230 e. The lowest BCUT2D eigenvalue weighted by atomic mass is 10.2. The number of thioether (sulfide) groups is 1. The van der Waals surface area contributed by atoms with Crippen molar-refractivity contribution in [2.75, 3.05) is 25.4 Å². The number of hydrogen-bond acceptors (Lipinski definition) is 3. The Labute approximate surface area is 139 Å². The minimum absolute atomic E-state index is 0.126. The van der Waals surface area contributed by atoms with Gasteiger partial charge >= 0.3 is 0 Å². The lowest BCUT2D eigenvalue weighted by Gasteiger charge is -2.19. The van der Waals surface area contributed by atoms with Crippen LogP contribution in [0.1, 0.15) is 39.2 Å². The molecular weight excluding hydrogens is 292 g/mol. The third-order valence-corrected chi connectivity index (χ3v) is 4.82. The van der Waals surface area contributed by atoms with Gasteiger partial charge in [0.05, 0.1) is 5.75 Å². The predicted molar refractivity (Wildman–Crippen MR) is 96.5 cm³/mol. The number of hydrogen-bond donors (Lipinski definition) is 1. The van der Waals surface area contributed by atoms with Gasteiger partial charge in [0.25, 0.3) is 0 Å². The van der Waals surface area contributed by atoms with Crippen LogP contribution in [0.15, 0.2) is 29.2 Å². The van der Waals surface area contributed by atoms with Gasteiger partial charge in [0.2, 0.25) is 5.91 Å². The maximum atomic E-state index is 12.0. The molecule has 0 fully saturated rings. The fourth-order valence-electron chi connectivity index (χ4n) is 2.33. The molecule has 1 atom stereocenters. The van der Waals surface area contributed by atoms with E-state index in [-0.39, 0.29) is 11.9 Å². The van der Waals surface area contributed by atoms with Gasteiger partial charge in [0, 0.05) is 10.9 Å². The Morgan fingerprint density at radius 1 is 1.23 bits per heavy atom. The summed E-state index contributed by atoms with van der Waals surface area (Å²) in [5, 5.41) is 3.09. The molecule has 0 aliphatic heterocycles. The quantitative estimate of drug-likeness (QED) is 0.666. The summed E-state index contributed by atoms with van der Waals surface area (Å²) < 4.78 is 0. The van der Waals surface area contributed by atoms with Crippen LogP contribution in [-0.4, -0.2) is 42.2 Å². The lowest BCUT2D eigenvalue weighted by molar-refractivity contribution is -0.119. The molecule has 1 amide bonds. The number of carbonyl (C=O) groups is 1. The zero-order valence-electron chi connectivity index (χ0n) is 14.4. The Balaban J connectivity index is 2.19. The first-order valence-electron chi connectivity index (χ1n) is 8.26. The topological polar surface area (TPSA) is 32.3 Å². The highest BCUT2D eigenvalue weighted by molar-refractivity contribution is 8.00. The zero-order valence-corrected chi connectivity index (χ0v) is 15.2. The molecule has 0 spiro atoms. The van der Waals surface area contributed by atoms with Crippen molar-refractivity contribution in [1.82, 2.24) is 10.2 Å². The summed E-state index contributed by atoms with van der Waals surface area (Å²) in [7, 11) is 0. The highest BCUT2D eigenvalue weighted by Crippen LogP contribution is 2.17. The third kappa shape index (κ3) is 7.85. The van der Waals surface area contributed by atoms with Gasteiger partial charge in [-0.15, -0.1) is 11.8 Å². The summed E-state index contributed by atoms with van der Waals surface area (Å²) in [5.74, 6) is 0.615. The number of rotatable bonds is 10. The standard InChI is InChI=1S/C18H30N2OS/c1-5-20(6-2)13-7-8-16(4)19-18(21)14-22-17-11-9-15(3)10-12-17/h9-12,16H,5-8,13-14H2,1-4H3,(H,19,21)/t16-/m0/s1. The van der Waals surface area contributed by atoms with Gasteiger partial charge in [0.1, 0.15) is 0 Å².